The van der Waals surface area contributed by atoms with Crippen molar-refractivity contribution in [1.82, 2.24) is 0 Å². The number of benzene rings is 2. The molecule has 2 saturated heterocycles. The zero-order chi connectivity index (χ0) is 23.5. The fourth-order valence-corrected chi connectivity index (χ4v) is 3.81. The minimum atomic E-state index is -0.500. The Kier molecular flexibility index (Phi) is 5.38. The molecular formula is C25H31B2NO4. The van der Waals surface area contributed by atoms with Gasteiger partial charge in [-0.3, -0.25) is 0 Å². The minimum Gasteiger partial charge on any atom is -0.399 e. The molecule has 4 rings (SSSR count). The molecule has 2 aromatic rings. The molecule has 0 radical (unpaired) electrons. The van der Waals surface area contributed by atoms with Crippen LogP contribution in [0.2, 0.25) is 0 Å². The van der Waals surface area contributed by atoms with Gasteiger partial charge in [0.1, 0.15) is 0 Å². The molecule has 0 saturated carbocycles. The second kappa shape index (κ2) is 7.46. The van der Waals surface area contributed by atoms with Gasteiger partial charge in [-0.25, -0.2) is 0 Å². The summed E-state index contributed by atoms with van der Waals surface area (Å²) in [5.41, 5.74) is 2.69. The van der Waals surface area contributed by atoms with Crippen LogP contribution in [-0.2, 0) is 18.6 Å². The number of hydrogen-bond acceptors (Lipinski definition) is 5. The van der Waals surface area contributed by atoms with E-state index in [4.69, 9.17) is 23.9 Å². The van der Waals surface area contributed by atoms with E-state index in [1.165, 1.54) is 0 Å². The Morgan fingerprint density at radius 2 is 0.969 bits per heavy atom. The van der Waals surface area contributed by atoms with Crippen molar-refractivity contribution in [2.75, 3.05) is 0 Å². The number of hydrogen-bond donors (Lipinski definition) is 0. The van der Waals surface area contributed by atoms with E-state index in [0.717, 1.165) is 22.1 Å². The lowest BCUT2D eigenvalue weighted by Gasteiger charge is -2.32. The van der Waals surface area contributed by atoms with E-state index in [-0.39, 0.29) is 0 Å². The quantitative estimate of drug-likeness (QED) is 0.692. The molecule has 7 heteroatoms. The van der Waals surface area contributed by atoms with Gasteiger partial charge in [0.2, 0.25) is 0 Å². The SMILES string of the molecule is CC1(C)OB(c2cc(B3OC(C)(C)C(C)(C)O3)cc(-c3ccc(C#N)cc3)c2)OC1(C)C. The van der Waals surface area contributed by atoms with E-state index in [1.54, 1.807) is 0 Å². The van der Waals surface area contributed by atoms with Crippen LogP contribution in [-0.4, -0.2) is 36.6 Å². The van der Waals surface area contributed by atoms with Gasteiger partial charge in [-0.15, -0.1) is 0 Å². The lowest BCUT2D eigenvalue weighted by atomic mass is 9.70. The average molecular weight is 431 g/mol. The van der Waals surface area contributed by atoms with Crippen molar-refractivity contribution in [2.45, 2.75) is 77.8 Å². The number of nitrogens with zero attached hydrogens (tertiary/aromatic N) is 1. The van der Waals surface area contributed by atoms with Gasteiger partial charge in [-0.2, -0.15) is 5.26 Å². The zero-order valence-corrected chi connectivity index (χ0v) is 20.3. The Morgan fingerprint density at radius 1 is 0.594 bits per heavy atom. The maximum absolute atomic E-state index is 9.15. The maximum Gasteiger partial charge on any atom is 0.494 e. The highest BCUT2D eigenvalue weighted by atomic mass is 16.7. The first-order valence-corrected chi connectivity index (χ1v) is 11.1. The Morgan fingerprint density at radius 3 is 1.31 bits per heavy atom. The molecule has 32 heavy (non-hydrogen) atoms. The monoisotopic (exact) mass is 431 g/mol. The molecule has 2 aliphatic heterocycles. The normalized spacial score (nSPS) is 22.7. The van der Waals surface area contributed by atoms with Gasteiger partial charge in [0, 0.05) is 0 Å². The molecule has 2 aromatic carbocycles. The molecule has 0 aliphatic carbocycles. The molecule has 166 valence electrons. The van der Waals surface area contributed by atoms with Crippen LogP contribution in [0.25, 0.3) is 11.1 Å². The van der Waals surface area contributed by atoms with Crippen LogP contribution in [0.4, 0.5) is 0 Å². The summed E-state index contributed by atoms with van der Waals surface area (Å²) < 4.78 is 25.3. The van der Waals surface area contributed by atoms with Crippen molar-refractivity contribution in [1.29, 1.82) is 5.26 Å². The van der Waals surface area contributed by atoms with Gasteiger partial charge in [0.15, 0.2) is 0 Å². The summed E-state index contributed by atoms with van der Waals surface area (Å²) in [5.74, 6) is 0. The van der Waals surface area contributed by atoms with Gasteiger partial charge in [-0.05, 0) is 89.6 Å². The van der Waals surface area contributed by atoms with Crippen LogP contribution >= 0.6 is 0 Å². The first-order valence-electron chi connectivity index (χ1n) is 11.1. The van der Waals surface area contributed by atoms with E-state index in [0.29, 0.717) is 5.56 Å². The van der Waals surface area contributed by atoms with Crippen LogP contribution in [0, 0.1) is 11.3 Å². The third-order valence-corrected chi connectivity index (χ3v) is 7.38. The Balaban J connectivity index is 1.78. The molecule has 0 atom stereocenters. The molecule has 2 heterocycles. The van der Waals surface area contributed by atoms with E-state index < -0.39 is 36.6 Å². The van der Waals surface area contributed by atoms with Crippen LogP contribution in [0.3, 0.4) is 0 Å². The summed E-state index contributed by atoms with van der Waals surface area (Å²) in [6.07, 6.45) is 0. The molecule has 0 aromatic heterocycles. The highest BCUT2D eigenvalue weighted by molar-refractivity contribution is 6.66. The standard InChI is InChI=1S/C25H31B2NO4/c1-22(2)23(3,4)30-26(29-22)20-13-19(18-11-9-17(16-28)10-12-18)14-21(15-20)27-31-24(5,6)25(7,8)32-27/h9-15H,1-8H3. The molecule has 5 nitrogen and oxygen atoms in total. The summed E-state index contributed by atoms with van der Waals surface area (Å²) in [5, 5.41) is 9.15. The average Bonchev–Trinajstić information content (AvgIpc) is 3.07. The summed E-state index contributed by atoms with van der Waals surface area (Å²) >= 11 is 0. The van der Waals surface area contributed by atoms with Crippen molar-refractivity contribution in [3.63, 3.8) is 0 Å². The molecule has 0 spiro atoms. The largest absolute Gasteiger partial charge is 0.494 e. The fourth-order valence-electron chi connectivity index (χ4n) is 3.81. The first kappa shape index (κ1) is 23.1. The van der Waals surface area contributed by atoms with Gasteiger partial charge in [0.05, 0.1) is 34.0 Å². The van der Waals surface area contributed by atoms with Crippen molar-refractivity contribution in [3.05, 3.63) is 48.0 Å². The molecule has 2 fully saturated rings. The van der Waals surface area contributed by atoms with Crippen LogP contribution < -0.4 is 10.9 Å². The van der Waals surface area contributed by atoms with Gasteiger partial charge in [0.25, 0.3) is 0 Å². The van der Waals surface area contributed by atoms with Crippen LogP contribution in [0.15, 0.2) is 42.5 Å². The third-order valence-electron chi connectivity index (χ3n) is 7.38. The summed E-state index contributed by atoms with van der Waals surface area (Å²) in [4.78, 5) is 0. The van der Waals surface area contributed by atoms with Crippen molar-refractivity contribution in [3.8, 4) is 17.2 Å². The first-order chi connectivity index (χ1) is 14.7. The van der Waals surface area contributed by atoms with Gasteiger partial charge in [-0.1, -0.05) is 30.3 Å². The summed E-state index contributed by atoms with van der Waals surface area (Å²) in [6, 6.07) is 15.9. The second-order valence-electron chi connectivity index (χ2n) is 10.8. The maximum atomic E-state index is 9.15. The lowest BCUT2D eigenvalue weighted by molar-refractivity contribution is 0.00578. The van der Waals surface area contributed by atoms with E-state index in [2.05, 4.69) is 24.3 Å². The molecular weight excluding hydrogens is 400 g/mol. The smallest absolute Gasteiger partial charge is 0.399 e. The van der Waals surface area contributed by atoms with Crippen molar-refractivity contribution >= 4 is 25.2 Å². The predicted octanol–water partition coefficient (Wildman–Crippen LogP) is 3.82. The molecule has 0 unspecified atom stereocenters. The van der Waals surface area contributed by atoms with Gasteiger partial charge < -0.3 is 18.6 Å². The Hall–Kier alpha value is -2.10. The molecule has 0 amide bonds. The highest BCUT2D eigenvalue weighted by Gasteiger charge is 2.54. The lowest BCUT2D eigenvalue weighted by Crippen LogP contribution is -2.41. The van der Waals surface area contributed by atoms with E-state index in [1.807, 2.05) is 79.7 Å². The fraction of sp³-hybridized carbons (Fsp3) is 0.480. The van der Waals surface area contributed by atoms with Crippen molar-refractivity contribution < 1.29 is 18.6 Å². The predicted molar refractivity (Wildman–Crippen MR) is 128 cm³/mol. The van der Waals surface area contributed by atoms with Crippen molar-refractivity contribution in [2.24, 2.45) is 0 Å². The second-order valence-corrected chi connectivity index (χ2v) is 10.8. The van der Waals surface area contributed by atoms with Crippen LogP contribution in [0.1, 0.15) is 61.0 Å². The molecule has 0 N–H and O–H groups in total. The van der Waals surface area contributed by atoms with E-state index in [9.17, 15) is 0 Å². The number of rotatable bonds is 3. The van der Waals surface area contributed by atoms with Crippen LogP contribution in [0.5, 0.6) is 0 Å². The Labute approximate surface area is 192 Å². The third kappa shape index (κ3) is 3.91. The molecule has 2 aliphatic rings. The highest BCUT2D eigenvalue weighted by Crippen LogP contribution is 2.38. The van der Waals surface area contributed by atoms with Gasteiger partial charge >= 0.3 is 14.2 Å². The Bertz CT molecular complexity index is 984. The van der Waals surface area contributed by atoms with E-state index >= 15 is 0 Å². The summed E-state index contributed by atoms with van der Waals surface area (Å²) in [6.45, 7) is 16.4. The minimum absolute atomic E-state index is 0.438. The molecule has 0 bridgehead atoms. The zero-order valence-electron chi connectivity index (χ0n) is 20.3. The topological polar surface area (TPSA) is 60.7 Å². The number of nitriles is 1. The summed E-state index contributed by atoms with van der Waals surface area (Å²) in [7, 11) is -1.00.